The molecular weight excluding hydrogens is 387 g/mol. The third kappa shape index (κ3) is 3.96. The fraction of sp³-hybridized carbons (Fsp3) is 0.316. The SMILES string of the molecule is O=S1(=O)C[C@H]2N=C(SCCOc3ccccc3)N(c3ccccc3F)[C@H]2C1. The van der Waals surface area contributed by atoms with Crippen molar-refractivity contribution in [3.8, 4) is 5.75 Å². The molecule has 0 bridgehead atoms. The Morgan fingerprint density at radius 2 is 1.85 bits per heavy atom. The number of benzene rings is 2. The summed E-state index contributed by atoms with van der Waals surface area (Å²) in [6, 6.07) is 15.2. The molecule has 1 fully saturated rings. The fourth-order valence-electron chi connectivity index (χ4n) is 3.37. The zero-order valence-electron chi connectivity index (χ0n) is 14.5. The van der Waals surface area contributed by atoms with Crippen molar-refractivity contribution in [1.82, 2.24) is 0 Å². The number of para-hydroxylation sites is 2. The summed E-state index contributed by atoms with van der Waals surface area (Å²) in [5, 5.41) is 0.654. The first-order valence-electron chi connectivity index (χ1n) is 8.66. The van der Waals surface area contributed by atoms with Crippen LogP contribution in [0.5, 0.6) is 5.75 Å². The van der Waals surface area contributed by atoms with Crippen molar-refractivity contribution in [3.63, 3.8) is 0 Å². The van der Waals surface area contributed by atoms with Crippen molar-refractivity contribution < 1.29 is 17.5 Å². The van der Waals surface area contributed by atoms with Crippen LogP contribution in [0.25, 0.3) is 0 Å². The van der Waals surface area contributed by atoms with Crippen molar-refractivity contribution in [2.75, 3.05) is 28.8 Å². The second-order valence-corrected chi connectivity index (χ2v) is 9.67. The first kappa shape index (κ1) is 18.3. The number of thioether (sulfide) groups is 1. The highest BCUT2D eigenvalue weighted by Gasteiger charge is 2.47. The molecule has 8 heteroatoms. The number of aliphatic imine (C=N–C) groups is 1. The van der Waals surface area contributed by atoms with E-state index in [-0.39, 0.29) is 29.4 Å². The van der Waals surface area contributed by atoms with Gasteiger partial charge >= 0.3 is 0 Å². The quantitative estimate of drug-likeness (QED) is 0.715. The van der Waals surface area contributed by atoms with Crippen LogP contribution in [0.1, 0.15) is 0 Å². The van der Waals surface area contributed by atoms with Gasteiger partial charge in [0.05, 0.1) is 35.9 Å². The highest BCUT2D eigenvalue weighted by molar-refractivity contribution is 8.14. The van der Waals surface area contributed by atoms with Gasteiger partial charge in [-0.1, -0.05) is 42.1 Å². The van der Waals surface area contributed by atoms with Crippen molar-refractivity contribution >= 4 is 32.5 Å². The van der Waals surface area contributed by atoms with E-state index in [1.807, 2.05) is 30.3 Å². The first-order chi connectivity index (χ1) is 13.0. The summed E-state index contributed by atoms with van der Waals surface area (Å²) < 4.78 is 44.1. The Hall–Kier alpha value is -2.06. The lowest BCUT2D eigenvalue weighted by atomic mass is 10.1. The summed E-state index contributed by atoms with van der Waals surface area (Å²) in [6.45, 7) is 0.479. The van der Waals surface area contributed by atoms with Gasteiger partial charge in [-0.05, 0) is 24.3 Å². The number of hydrogen-bond donors (Lipinski definition) is 0. The minimum Gasteiger partial charge on any atom is -0.493 e. The summed E-state index contributed by atoms with van der Waals surface area (Å²) >= 11 is 1.46. The molecular formula is C19H19FN2O3S2. The highest BCUT2D eigenvalue weighted by atomic mass is 32.2. The van der Waals surface area contributed by atoms with Crippen LogP contribution in [0.15, 0.2) is 59.6 Å². The van der Waals surface area contributed by atoms with Crippen LogP contribution in [-0.2, 0) is 9.84 Å². The Kier molecular flexibility index (Phi) is 5.10. The van der Waals surface area contributed by atoms with Crippen molar-refractivity contribution in [1.29, 1.82) is 0 Å². The maximum Gasteiger partial charge on any atom is 0.164 e. The predicted octanol–water partition coefficient (Wildman–Crippen LogP) is 2.98. The number of fused-ring (bicyclic) bond motifs is 1. The van der Waals surface area contributed by atoms with E-state index in [2.05, 4.69) is 4.99 Å². The molecule has 2 aliphatic rings. The molecule has 4 rings (SSSR count). The molecule has 0 radical (unpaired) electrons. The van der Waals surface area contributed by atoms with E-state index in [9.17, 15) is 12.8 Å². The van der Waals surface area contributed by atoms with Crippen molar-refractivity contribution in [2.24, 2.45) is 4.99 Å². The van der Waals surface area contributed by atoms with E-state index in [4.69, 9.17) is 4.74 Å². The number of amidine groups is 1. The standard InChI is InChI=1S/C19H19FN2O3S2/c20-15-8-4-5-9-17(15)22-18-13-27(23,24)12-16(18)21-19(22)26-11-10-25-14-6-2-1-3-7-14/h1-9,16,18H,10-13H2/t16-,18+/m1/s1. The van der Waals surface area contributed by atoms with E-state index in [1.165, 1.54) is 17.8 Å². The monoisotopic (exact) mass is 406 g/mol. The van der Waals surface area contributed by atoms with E-state index in [1.54, 1.807) is 23.1 Å². The van der Waals surface area contributed by atoms with E-state index in [0.717, 1.165) is 5.75 Å². The van der Waals surface area contributed by atoms with E-state index >= 15 is 0 Å². The summed E-state index contributed by atoms with van der Waals surface area (Å²) in [5.74, 6) is 1.06. The molecule has 0 amide bonds. The summed E-state index contributed by atoms with van der Waals surface area (Å²) in [5.41, 5.74) is 0.373. The van der Waals surface area contributed by atoms with Gasteiger partial charge < -0.3 is 9.64 Å². The zero-order valence-corrected chi connectivity index (χ0v) is 16.1. The maximum absolute atomic E-state index is 14.4. The molecule has 2 aromatic carbocycles. The lowest BCUT2D eigenvalue weighted by Crippen LogP contribution is -2.39. The maximum atomic E-state index is 14.4. The minimum atomic E-state index is -3.15. The van der Waals surface area contributed by atoms with Crippen LogP contribution in [-0.4, -0.2) is 49.5 Å². The molecule has 0 N–H and O–H groups in total. The number of nitrogens with zero attached hydrogens (tertiary/aromatic N) is 2. The lowest BCUT2D eigenvalue weighted by Gasteiger charge is -2.26. The molecule has 2 atom stereocenters. The third-order valence-corrected chi connectivity index (χ3v) is 7.18. The number of halogens is 1. The number of rotatable bonds is 5. The molecule has 27 heavy (non-hydrogen) atoms. The predicted molar refractivity (Wildman–Crippen MR) is 107 cm³/mol. The lowest BCUT2D eigenvalue weighted by molar-refractivity contribution is 0.344. The van der Waals surface area contributed by atoms with Gasteiger partial charge in [0, 0.05) is 5.75 Å². The molecule has 2 aromatic rings. The normalized spacial score (nSPS) is 23.1. The number of anilines is 1. The summed E-state index contributed by atoms with van der Waals surface area (Å²) in [4.78, 5) is 6.34. The molecule has 1 saturated heterocycles. The van der Waals surface area contributed by atoms with Crippen LogP contribution in [0.4, 0.5) is 10.1 Å². The molecule has 2 aliphatic heterocycles. The average molecular weight is 407 g/mol. The van der Waals surface area contributed by atoms with Crippen LogP contribution in [0, 0.1) is 5.82 Å². The smallest absolute Gasteiger partial charge is 0.164 e. The van der Waals surface area contributed by atoms with Crippen molar-refractivity contribution in [3.05, 3.63) is 60.4 Å². The molecule has 0 aromatic heterocycles. The number of hydrogen-bond acceptors (Lipinski definition) is 6. The van der Waals surface area contributed by atoms with E-state index < -0.39 is 9.84 Å². The molecule has 0 aliphatic carbocycles. The Morgan fingerprint density at radius 3 is 2.63 bits per heavy atom. The van der Waals surface area contributed by atoms with E-state index in [0.29, 0.717) is 23.2 Å². The molecule has 5 nitrogen and oxygen atoms in total. The second kappa shape index (κ2) is 7.52. The van der Waals surface area contributed by atoms with Gasteiger partial charge in [-0.15, -0.1) is 0 Å². The topological polar surface area (TPSA) is 59.0 Å². The van der Waals surface area contributed by atoms with Gasteiger partial charge in [-0.3, -0.25) is 4.99 Å². The number of ether oxygens (including phenoxy) is 1. The van der Waals surface area contributed by atoms with Crippen LogP contribution < -0.4 is 9.64 Å². The summed E-state index contributed by atoms with van der Waals surface area (Å²) in [7, 11) is -3.15. The Labute approximate surface area is 162 Å². The minimum absolute atomic E-state index is 0.0000757. The highest BCUT2D eigenvalue weighted by Crippen LogP contribution is 2.36. The van der Waals surface area contributed by atoms with Crippen molar-refractivity contribution in [2.45, 2.75) is 12.1 Å². The zero-order chi connectivity index (χ0) is 18.9. The van der Waals surface area contributed by atoms with Crippen LogP contribution in [0.2, 0.25) is 0 Å². The Bertz CT molecular complexity index is 950. The van der Waals surface area contributed by atoms with Gasteiger partial charge in [-0.2, -0.15) is 0 Å². The third-order valence-electron chi connectivity index (χ3n) is 4.55. The largest absolute Gasteiger partial charge is 0.493 e. The Morgan fingerprint density at radius 1 is 1.11 bits per heavy atom. The molecule has 2 heterocycles. The molecule has 0 spiro atoms. The summed E-state index contributed by atoms with van der Waals surface area (Å²) in [6.07, 6.45) is 0. The second-order valence-electron chi connectivity index (χ2n) is 6.45. The van der Waals surface area contributed by atoms with Gasteiger partial charge in [0.2, 0.25) is 0 Å². The molecule has 0 saturated carbocycles. The molecule has 142 valence electrons. The van der Waals surface area contributed by atoms with Gasteiger partial charge in [0.1, 0.15) is 11.6 Å². The van der Waals surface area contributed by atoms with Crippen LogP contribution >= 0.6 is 11.8 Å². The first-order valence-corrected chi connectivity index (χ1v) is 11.5. The van der Waals surface area contributed by atoms with Gasteiger partial charge in [0.25, 0.3) is 0 Å². The average Bonchev–Trinajstić information content (AvgIpc) is 3.11. The fourth-order valence-corrected chi connectivity index (χ4v) is 6.15. The van der Waals surface area contributed by atoms with Crippen LogP contribution in [0.3, 0.4) is 0 Å². The van der Waals surface area contributed by atoms with Gasteiger partial charge in [0.15, 0.2) is 15.0 Å². The van der Waals surface area contributed by atoms with Gasteiger partial charge in [-0.25, -0.2) is 12.8 Å². The number of sulfone groups is 1. The Balaban J connectivity index is 1.49. The molecule has 0 unspecified atom stereocenters.